The highest BCUT2D eigenvalue weighted by molar-refractivity contribution is 5.79. The largest absolute Gasteiger partial charge is 0.462 e. The first-order valence-corrected chi connectivity index (χ1v) is 9.61. The maximum Gasteiger partial charge on any atom is 0.312 e. The highest BCUT2D eigenvalue weighted by Crippen LogP contribution is 2.47. The molecule has 0 aromatic carbocycles. The van der Waals surface area contributed by atoms with Crippen molar-refractivity contribution in [3.8, 4) is 0 Å². The summed E-state index contributed by atoms with van der Waals surface area (Å²) in [5, 5.41) is 0. The van der Waals surface area contributed by atoms with E-state index in [1.807, 2.05) is 6.92 Å². The Morgan fingerprint density at radius 1 is 1.07 bits per heavy atom. The van der Waals surface area contributed by atoms with Crippen LogP contribution in [0.2, 0.25) is 0 Å². The summed E-state index contributed by atoms with van der Waals surface area (Å²) in [5.41, 5.74) is -0.579. The molecule has 3 aliphatic heterocycles. The van der Waals surface area contributed by atoms with E-state index in [4.69, 9.17) is 23.7 Å². The molecule has 9 nitrogen and oxygen atoms in total. The van der Waals surface area contributed by atoms with E-state index < -0.39 is 29.6 Å². The zero-order valence-corrected chi connectivity index (χ0v) is 16.3. The Kier molecular flexibility index (Phi) is 5.92. The lowest BCUT2D eigenvalue weighted by Gasteiger charge is -2.22. The number of esters is 4. The van der Waals surface area contributed by atoms with Crippen molar-refractivity contribution in [2.24, 2.45) is 11.3 Å². The Morgan fingerprint density at radius 2 is 1.75 bits per heavy atom. The van der Waals surface area contributed by atoms with Crippen molar-refractivity contribution < 1.29 is 42.9 Å². The highest BCUT2D eigenvalue weighted by atomic mass is 16.7. The van der Waals surface area contributed by atoms with Crippen molar-refractivity contribution in [3.05, 3.63) is 0 Å². The molecule has 5 atom stereocenters. The molecule has 3 saturated heterocycles. The first-order valence-electron chi connectivity index (χ1n) is 9.61. The van der Waals surface area contributed by atoms with Crippen LogP contribution in [0.1, 0.15) is 46.5 Å². The van der Waals surface area contributed by atoms with Crippen LogP contribution < -0.4 is 0 Å². The van der Waals surface area contributed by atoms with E-state index in [2.05, 4.69) is 0 Å². The van der Waals surface area contributed by atoms with Gasteiger partial charge in [-0.25, -0.2) is 0 Å². The molecule has 3 heterocycles. The third-order valence-corrected chi connectivity index (χ3v) is 5.60. The average Bonchev–Trinajstić information content (AvgIpc) is 3.28. The molecule has 0 aromatic heterocycles. The fourth-order valence-corrected chi connectivity index (χ4v) is 3.50. The van der Waals surface area contributed by atoms with Crippen molar-refractivity contribution in [2.75, 3.05) is 13.2 Å². The molecule has 3 aliphatic rings. The van der Waals surface area contributed by atoms with E-state index in [1.165, 1.54) is 0 Å². The second-order valence-electron chi connectivity index (χ2n) is 7.93. The highest BCUT2D eigenvalue weighted by Gasteiger charge is 2.65. The normalized spacial score (nSPS) is 30.1. The summed E-state index contributed by atoms with van der Waals surface area (Å²) in [7, 11) is 0. The molecule has 0 aromatic rings. The molecular weight excluding hydrogens is 372 g/mol. The summed E-state index contributed by atoms with van der Waals surface area (Å²) in [6.07, 6.45) is -0.992. The fraction of sp³-hybridized carbons (Fsp3) is 0.789. The van der Waals surface area contributed by atoms with Gasteiger partial charge in [0.15, 0.2) is 12.2 Å². The van der Waals surface area contributed by atoms with E-state index in [0.29, 0.717) is 12.8 Å². The molecule has 156 valence electrons. The number of hydrogen-bond acceptors (Lipinski definition) is 9. The van der Waals surface area contributed by atoms with Gasteiger partial charge in [-0.15, -0.1) is 0 Å². The average molecular weight is 398 g/mol. The van der Waals surface area contributed by atoms with Gasteiger partial charge in [0.05, 0.1) is 30.3 Å². The SMILES string of the molecule is CCC(C)(C)C(=O)OCCOC(=O)CCC(=O)OC1C2CC3C(=O)OC1C3O2. The van der Waals surface area contributed by atoms with Crippen molar-refractivity contribution in [1.82, 2.24) is 0 Å². The van der Waals surface area contributed by atoms with E-state index in [9.17, 15) is 19.2 Å². The van der Waals surface area contributed by atoms with E-state index in [0.717, 1.165) is 0 Å². The lowest BCUT2D eigenvalue weighted by molar-refractivity contribution is -0.163. The van der Waals surface area contributed by atoms with Gasteiger partial charge in [0.25, 0.3) is 0 Å². The molecule has 0 saturated carbocycles. The summed E-state index contributed by atoms with van der Waals surface area (Å²) in [5.74, 6) is -2.06. The summed E-state index contributed by atoms with van der Waals surface area (Å²) in [4.78, 5) is 47.1. The van der Waals surface area contributed by atoms with Crippen LogP contribution >= 0.6 is 0 Å². The quantitative estimate of drug-likeness (QED) is 0.317. The summed E-state index contributed by atoms with van der Waals surface area (Å²) >= 11 is 0. The molecule has 3 fully saturated rings. The number of ether oxygens (including phenoxy) is 5. The smallest absolute Gasteiger partial charge is 0.312 e. The number of hydrogen-bond donors (Lipinski definition) is 0. The van der Waals surface area contributed by atoms with Crippen LogP contribution in [0.5, 0.6) is 0 Å². The zero-order valence-electron chi connectivity index (χ0n) is 16.3. The summed E-state index contributed by atoms with van der Waals surface area (Å²) in [6, 6.07) is 0. The Hall–Kier alpha value is -2.16. The molecule has 5 unspecified atom stereocenters. The number of carbonyl (C=O) groups is 4. The van der Waals surface area contributed by atoms with Crippen LogP contribution in [0.15, 0.2) is 0 Å². The van der Waals surface area contributed by atoms with Crippen LogP contribution in [-0.4, -0.2) is 61.5 Å². The summed E-state index contributed by atoms with van der Waals surface area (Å²) < 4.78 is 26.2. The van der Waals surface area contributed by atoms with Crippen LogP contribution in [-0.2, 0) is 42.9 Å². The Bertz CT molecular complexity index is 656. The molecule has 0 spiro atoms. The van der Waals surface area contributed by atoms with E-state index in [-0.39, 0.29) is 56.1 Å². The van der Waals surface area contributed by atoms with Gasteiger partial charge in [0.2, 0.25) is 0 Å². The van der Waals surface area contributed by atoms with Crippen molar-refractivity contribution in [2.45, 2.75) is 70.9 Å². The Labute approximate surface area is 163 Å². The van der Waals surface area contributed by atoms with Gasteiger partial charge < -0.3 is 23.7 Å². The fourth-order valence-electron chi connectivity index (χ4n) is 3.50. The Morgan fingerprint density at radius 3 is 2.46 bits per heavy atom. The molecule has 0 N–H and O–H groups in total. The molecule has 3 rings (SSSR count). The molecule has 0 amide bonds. The monoisotopic (exact) mass is 398 g/mol. The Balaban J connectivity index is 1.31. The van der Waals surface area contributed by atoms with Crippen LogP contribution in [0.3, 0.4) is 0 Å². The van der Waals surface area contributed by atoms with Crippen LogP contribution in [0.4, 0.5) is 0 Å². The van der Waals surface area contributed by atoms with Crippen molar-refractivity contribution in [3.63, 3.8) is 0 Å². The third kappa shape index (κ3) is 4.14. The van der Waals surface area contributed by atoms with Gasteiger partial charge in [-0.1, -0.05) is 6.92 Å². The first kappa shape index (κ1) is 20.6. The predicted octanol–water partition coefficient (Wildman–Crippen LogP) is 0.914. The van der Waals surface area contributed by atoms with Gasteiger partial charge in [0, 0.05) is 0 Å². The topological polar surface area (TPSA) is 114 Å². The van der Waals surface area contributed by atoms with Gasteiger partial charge >= 0.3 is 23.9 Å². The number of rotatable bonds is 9. The zero-order chi connectivity index (χ0) is 20.5. The van der Waals surface area contributed by atoms with Crippen molar-refractivity contribution in [1.29, 1.82) is 0 Å². The first-order chi connectivity index (χ1) is 13.2. The molecule has 0 aliphatic carbocycles. The lowest BCUT2D eigenvalue weighted by Crippen LogP contribution is -2.40. The maximum atomic E-state index is 12.0. The summed E-state index contributed by atoms with van der Waals surface area (Å²) in [6.45, 7) is 5.34. The minimum atomic E-state index is -0.613. The minimum Gasteiger partial charge on any atom is -0.462 e. The minimum absolute atomic E-state index is 0.0326. The maximum absolute atomic E-state index is 12.0. The van der Waals surface area contributed by atoms with E-state index in [1.54, 1.807) is 13.8 Å². The number of fused-ring (bicyclic) bond motifs is 1. The predicted molar refractivity (Wildman–Crippen MR) is 91.8 cm³/mol. The third-order valence-electron chi connectivity index (χ3n) is 5.60. The molecule has 28 heavy (non-hydrogen) atoms. The van der Waals surface area contributed by atoms with Crippen LogP contribution in [0.25, 0.3) is 0 Å². The van der Waals surface area contributed by atoms with Gasteiger partial charge in [-0.05, 0) is 26.7 Å². The second-order valence-corrected chi connectivity index (χ2v) is 7.93. The van der Waals surface area contributed by atoms with Crippen LogP contribution in [0, 0.1) is 11.3 Å². The molecule has 9 heteroatoms. The lowest BCUT2D eigenvalue weighted by atomic mass is 9.88. The van der Waals surface area contributed by atoms with Gasteiger partial charge in [-0.2, -0.15) is 0 Å². The van der Waals surface area contributed by atoms with Gasteiger partial charge in [-0.3, -0.25) is 19.2 Å². The standard InChI is InChI=1S/C19H26O9/c1-4-19(2,3)18(23)25-8-7-24-12(20)5-6-13(21)27-15-11-9-10-14(26-11)16(15)28-17(10)22/h10-11,14-16H,4-9H2,1-3H3. The molecular formula is C19H26O9. The van der Waals surface area contributed by atoms with Gasteiger partial charge in [0.1, 0.15) is 19.3 Å². The van der Waals surface area contributed by atoms with Crippen molar-refractivity contribution >= 4 is 23.9 Å². The second kappa shape index (κ2) is 8.06. The van der Waals surface area contributed by atoms with E-state index >= 15 is 0 Å². The molecule has 2 bridgehead atoms. The molecule has 0 radical (unpaired) electrons. The number of carbonyl (C=O) groups excluding carboxylic acids is 4.